The Morgan fingerprint density at radius 1 is 1.38 bits per heavy atom. The summed E-state index contributed by atoms with van der Waals surface area (Å²) in [5.74, 6) is 0.479. The Bertz CT molecular complexity index is 427. The average Bonchev–Trinajstić information content (AvgIpc) is 2.52. The molecule has 2 N–H and O–H groups in total. The molecule has 0 saturated heterocycles. The number of anilines is 1. The van der Waals surface area contributed by atoms with Gasteiger partial charge in [-0.15, -0.1) is 0 Å². The normalized spacial score (nSPS) is 10.2. The first-order valence-corrected chi connectivity index (χ1v) is 3.97. The van der Waals surface area contributed by atoms with Crippen LogP contribution in [0.1, 0.15) is 0 Å². The summed E-state index contributed by atoms with van der Waals surface area (Å²) in [5.41, 5.74) is 6.77. The van der Waals surface area contributed by atoms with Gasteiger partial charge in [0.2, 0.25) is 0 Å². The number of rotatable bonds is 1. The molecule has 5 heteroatoms. The highest BCUT2D eigenvalue weighted by molar-refractivity contribution is 6.33. The molecule has 0 atom stereocenters. The lowest BCUT2D eigenvalue weighted by atomic mass is 10.2. The van der Waals surface area contributed by atoms with Crippen LogP contribution in [0.5, 0.6) is 0 Å². The lowest BCUT2D eigenvalue weighted by Crippen LogP contribution is -1.85. The number of nitrogens with two attached hydrogens (primary N) is 1. The van der Waals surface area contributed by atoms with Gasteiger partial charge in [0.15, 0.2) is 5.76 Å². The molecule has 0 radical (unpaired) electrons. The highest BCUT2D eigenvalue weighted by Gasteiger charge is 2.10. The van der Waals surface area contributed by atoms with Gasteiger partial charge < -0.3 is 10.3 Å². The van der Waals surface area contributed by atoms with Crippen molar-refractivity contribution in [1.29, 1.82) is 0 Å². The Hall–Kier alpha value is -1.55. The standard InChI is InChI=1S/C8H6ClN3O/c9-6-3-11-2-1-5(6)8-7(10)4-12-13-8/h1-4H,10H2. The van der Waals surface area contributed by atoms with Crippen LogP contribution in [0, 0.1) is 0 Å². The zero-order valence-electron chi connectivity index (χ0n) is 6.57. The van der Waals surface area contributed by atoms with E-state index in [2.05, 4.69) is 10.1 Å². The molecule has 0 fully saturated rings. The first-order chi connectivity index (χ1) is 6.29. The molecule has 0 bridgehead atoms. The fraction of sp³-hybridized carbons (Fsp3) is 0. The summed E-state index contributed by atoms with van der Waals surface area (Å²) in [6.07, 6.45) is 4.58. The molecular formula is C8H6ClN3O. The molecule has 0 amide bonds. The van der Waals surface area contributed by atoms with Gasteiger partial charge in [0.25, 0.3) is 0 Å². The maximum absolute atomic E-state index is 5.88. The Kier molecular flexibility index (Phi) is 1.90. The van der Waals surface area contributed by atoms with E-state index in [9.17, 15) is 0 Å². The van der Waals surface area contributed by atoms with Gasteiger partial charge in [-0.3, -0.25) is 4.98 Å². The molecule has 13 heavy (non-hydrogen) atoms. The van der Waals surface area contributed by atoms with Gasteiger partial charge in [-0.2, -0.15) is 0 Å². The second-order valence-electron chi connectivity index (χ2n) is 2.47. The number of hydrogen-bond donors (Lipinski definition) is 1. The first kappa shape index (κ1) is 8.07. The van der Waals surface area contributed by atoms with Crippen molar-refractivity contribution in [1.82, 2.24) is 10.1 Å². The van der Waals surface area contributed by atoms with E-state index in [0.717, 1.165) is 0 Å². The van der Waals surface area contributed by atoms with Gasteiger partial charge in [-0.25, -0.2) is 0 Å². The summed E-state index contributed by atoms with van der Waals surface area (Å²) >= 11 is 5.88. The second-order valence-corrected chi connectivity index (χ2v) is 2.87. The molecule has 66 valence electrons. The highest BCUT2D eigenvalue weighted by Crippen LogP contribution is 2.30. The van der Waals surface area contributed by atoms with Crippen LogP contribution in [0.15, 0.2) is 29.2 Å². The largest absolute Gasteiger partial charge is 0.394 e. The Morgan fingerprint density at radius 3 is 2.85 bits per heavy atom. The summed E-state index contributed by atoms with van der Waals surface area (Å²) in [6, 6.07) is 1.72. The molecular weight excluding hydrogens is 190 g/mol. The van der Waals surface area contributed by atoms with Gasteiger partial charge in [0, 0.05) is 18.0 Å². The molecule has 2 aromatic heterocycles. The van der Waals surface area contributed by atoms with Crippen molar-refractivity contribution in [2.45, 2.75) is 0 Å². The van der Waals surface area contributed by atoms with Gasteiger partial charge in [0.1, 0.15) is 5.69 Å². The van der Waals surface area contributed by atoms with Crippen molar-refractivity contribution in [2.75, 3.05) is 5.73 Å². The zero-order valence-corrected chi connectivity index (χ0v) is 7.32. The van der Waals surface area contributed by atoms with Crippen LogP contribution in [0.2, 0.25) is 5.02 Å². The lowest BCUT2D eigenvalue weighted by molar-refractivity contribution is 0.432. The number of aromatic nitrogens is 2. The molecule has 0 spiro atoms. The van der Waals surface area contributed by atoms with Crippen molar-refractivity contribution in [2.24, 2.45) is 0 Å². The third-order valence-corrected chi connectivity index (χ3v) is 1.92. The van der Waals surface area contributed by atoms with Crippen molar-refractivity contribution < 1.29 is 4.52 Å². The van der Waals surface area contributed by atoms with Gasteiger partial charge in [-0.05, 0) is 6.07 Å². The van der Waals surface area contributed by atoms with Crippen molar-refractivity contribution in [3.63, 3.8) is 0 Å². The lowest BCUT2D eigenvalue weighted by Gasteiger charge is -1.98. The van der Waals surface area contributed by atoms with E-state index < -0.39 is 0 Å². The van der Waals surface area contributed by atoms with E-state index in [0.29, 0.717) is 22.0 Å². The monoisotopic (exact) mass is 195 g/mol. The van der Waals surface area contributed by atoms with Gasteiger partial charge >= 0.3 is 0 Å². The van der Waals surface area contributed by atoms with Crippen molar-refractivity contribution in [3.8, 4) is 11.3 Å². The molecule has 0 saturated carbocycles. The Balaban J connectivity index is 2.59. The first-order valence-electron chi connectivity index (χ1n) is 3.59. The van der Waals surface area contributed by atoms with E-state index in [4.69, 9.17) is 21.9 Å². The van der Waals surface area contributed by atoms with Crippen molar-refractivity contribution >= 4 is 17.3 Å². The van der Waals surface area contributed by atoms with Crippen LogP contribution in [-0.2, 0) is 0 Å². The van der Waals surface area contributed by atoms with Gasteiger partial charge in [-0.1, -0.05) is 16.8 Å². The fourth-order valence-corrected chi connectivity index (χ4v) is 1.22. The summed E-state index contributed by atoms with van der Waals surface area (Å²) < 4.78 is 4.94. The third kappa shape index (κ3) is 1.36. The van der Waals surface area contributed by atoms with Crippen LogP contribution < -0.4 is 5.73 Å². The number of nitrogens with zero attached hydrogens (tertiary/aromatic N) is 2. The van der Waals surface area contributed by atoms with Crippen LogP contribution in [0.3, 0.4) is 0 Å². The number of nitrogen functional groups attached to an aromatic ring is 1. The number of hydrogen-bond acceptors (Lipinski definition) is 4. The predicted octanol–water partition coefficient (Wildman–Crippen LogP) is 1.97. The maximum Gasteiger partial charge on any atom is 0.191 e. The highest BCUT2D eigenvalue weighted by atomic mass is 35.5. The quantitative estimate of drug-likeness (QED) is 0.756. The molecule has 2 rings (SSSR count). The minimum Gasteiger partial charge on any atom is -0.394 e. The molecule has 0 aliphatic carbocycles. The van der Waals surface area contributed by atoms with E-state index in [1.165, 1.54) is 12.4 Å². The second kappa shape index (κ2) is 3.06. The molecule has 4 nitrogen and oxygen atoms in total. The number of pyridine rings is 1. The summed E-state index contributed by atoms with van der Waals surface area (Å²) in [4.78, 5) is 3.85. The zero-order chi connectivity index (χ0) is 9.26. The van der Waals surface area contributed by atoms with Crippen LogP contribution in [-0.4, -0.2) is 10.1 Å². The third-order valence-electron chi connectivity index (χ3n) is 1.62. The Labute approximate surface area is 79.3 Å². The molecule has 0 aliphatic rings. The van der Waals surface area contributed by atoms with Crippen molar-refractivity contribution in [3.05, 3.63) is 29.7 Å². The maximum atomic E-state index is 5.88. The molecule has 2 aromatic rings. The van der Waals surface area contributed by atoms with Crippen LogP contribution in [0.25, 0.3) is 11.3 Å². The average molecular weight is 196 g/mol. The minimum absolute atomic E-state index is 0.466. The summed E-state index contributed by atoms with van der Waals surface area (Å²) in [7, 11) is 0. The molecule has 0 aromatic carbocycles. The van der Waals surface area contributed by atoms with E-state index in [-0.39, 0.29) is 0 Å². The minimum atomic E-state index is 0.466. The molecule has 0 aliphatic heterocycles. The van der Waals surface area contributed by atoms with Crippen LogP contribution in [0.4, 0.5) is 5.69 Å². The summed E-state index contributed by atoms with van der Waals surface area (Å²) in [5, 5.41) is 4.05. The predicted molar refractivity (Wildman–Crippen MR) is 49.2 cm³/mol. The van der Waals surface area contributed by atoms with Crippen LogP contribution >= 0.6 is 11.6 Å². The van der Waals surface area contributed by atoms with E-state index >= 15 is 0 Å². The molecule has 2 heterocycles. The SMILES string of the molecule is Nc1cnoc1-c1ccncc1Cl. The number of halogens is 1. The molecule has 0 unspecified atom stereocenters. The fourth-order valence-electron chi connectivity index (χ4n) is 1.01. The van der Waals surface area contributed by atoms with Gasteiger partial charge in [0.05, 0.1) is 11.2 Å². The van der Waals surface area contributed by atoms with E-state index in [1.54, 1.807) is 12.3 Å². The smallest absolute Gasteiger partial charge is 0.191 e. The van der Waals surface area contributed by atoms with E-state index in [1.807, 2.05) is 0 Å². The Morgan fingerprint density at radius 2 is 2.23 bits per heavy atom. The summed E-state index contributed by atoms with van der Waals surface area (Å²) in [6.45, 7) is 0. The topological polar surface area (TPSA) is 64.9 Å².